The van der Waals surface area contributed by atoms with Crippen molar-refractivity contribution in [2.45, 2.75) is 44.0 Å². The summed E-state index contributed by atoms with van der Waals surface area (Å²) in [5, 5.41) is 4.23. The summed E-state index contributed by atoms with van der Waals surface area (Å²) in [5.41, 5.74) is 9.22. The molecule has 0 aliphatic heterocycles. The van der Waals surface area contributed by atoms with Gasteiger partial charge in [0.1, 0.15) is 0 Å². The Kier molecular flexibility index (Phi) is 3.36. The third-order valence-corrected chi connectivity index (χ3v) is 8.59. The summed E-state index contributed by atoms with van der Waals surface area (Å²) in [6.45, 7) is 6.92. The predicted molar refractivity (Wildman–Crippen MR) is 83.1 cm³/mol. The molecule has 2 aliphatic carbocycles. The number of benzene rings is 1. The van der Waals surface area contributed by atoms with E-state index in [2.05, 4.69) is 61.1 Å². The first kappa shape index (κ1) is 14.0. The molecule has 0 saturated heterocycles. The summed E-state index contributed by atoms with van der Waals surface area (Å²) in [7, 11) is 0. The van der Waals surface area contributed by atoms with Crippen LogP contribution in [0.25, 0.3) is 10.4 Å². The molecular formula is C16H21N3Se. The van der Waals surface area contributed by atoms with E-state index in [0.29, 0.717) is 25.2 Å². The second kappa shape index (κ2) is 4.80. The topological polar surface area (TPSA) is 48.8 Å². The molecule has 2 fully saturated rings. The van der Waals surface area contributed by atoms with Gasteiger partial charge in [0.2, 0.25) is 0 Å². The van der Waals surface area contributed by atoms with Gasteiger partial charge in [-0.25, -0.2) is 0 Å². The van der Waals surface area contributed by atoms with E-state index >= 15 is 0 Å². The first-order chi connectivity index (χ1) is 9.47. The average molecular weight is 334 g/mol. The van der Waals surface area contributed by atoms with Crippen molar-refractivity contribution >= 4 is 19.4 Å². The van der Waals surface area contributed by atoms with Crippen LogP contribution in [0.15, 0.2) is 35.4 Å². The number of nitrogens with zero attached hydrogens (tertiary/aromatic N) is 3. The third-order valence-electron chi connectivity index (χ3n) is 5.38. The van der Waals surface area contributed by atoms with Crippen molar-refractivity contribution < 1.29 is 0 Å². The summed E-state index contributed by atoms with van der Waals surface area (Å²) in [6.07, 6.45) is 2.29. The van der Waals surface area contributed by atoms with E-state index in [1.54, 1.807) is 0 Å². The number of rotatable bonds is 3. The number of hydrogen-bond donors (Lipinski definition) is 0. The van der Waals surface area contributed by atoms with Gasteiger partial charge in [-0.1, -0.05) is 0 Å². The first-order valence-corrected chi connectivity index (χ1v) is 9.10. The van der Waals surface area contributed by atoms with Gasteiger partial charge in [-0.3, -0.25) is 0 Å². The Balaban J connectivity index is 1.85. The van der Waals surface area contributed by atoms with E-state index in [1.807, 2.05) is 0 Å². The van der Waals surface area contributed by atoms with Gasteiger partial charge in [-0.15, -0.1) is 0 Å². The molecule has 2 saturated carbocycles. The normalized spacial score (nSPS) is 37.6. The van der Waals surface area contributed by atoms with Crippen molar-refractivity contribution in [3.8, 4) is 0 Å². The molecule has 3 nitrogen and oxygen atoms in total. The van der Waals surface area contributed by atoms with Crippen LogP contribution in [0.1, 0.15) is 33.6 Å². The van der Waals surface area contributed by atoms with Crippen LogP contribution in [0.3, 0.4) is 0 Å². The third kappa shape index (κ3) is 2.26. The van der Waals surface area contributed by atoms with E-state index in [-0.39, 0.29) is 5.54 Å². The molecule has 3 rings (SSSR count). The van der Waals surface area contributed by atoms with Crippen LogP contribution < -0.4 is 4.46 Å². The standard InChI is InChI=1S/C16H21N3Se/c1-15(2)12-9-14(20-11-7-5-4-6-8-11)16(3,18-19-17)10-13(12)15/h4-8,12-14H,9-10H2,1-3H3/t12-,13+,14+,16+/m0/s1. The van der Waals surface area contributed by atoms with E-state index in [0.717, 1.165) is 18.3 Å². The fraction of sp³-hybridized carbons (Fsp3) is 0.625. The molecular weight excluding hydrogens is 313 g/mol. The Morgan fingerprint density at radius 3 is 2.55 bits per heavy atom. The van der Waals surface area contributed by atoms with Gasteiger partial charge in [0.15, 0.2) is 0 Å². The molecule has 1 aromatic rings. The van der Waals surface area contributed by atoms with Crippen LogP contribution >= 0.6 is 0 Å². The summed E-state index contributed by atoms with van der Waals surface area (Å²) >= 11 is 0.383. The molecule has 0 N–H and O–H groups in total. The molecule has 0 radical (unpaired) electrons. The van der Waals surface area contributed by atoms with E-state index in [4.69, 9.17) is 5.53 Å². The Morgan fingerprint density at radius 2 is 1.90 bits per heavy atom. The van der Waals surface area contributed by atoms with Crippen LogP contribution in [-0.2, 0) is 0 Å². The van der Waals surface area contributed by atoms with Gasteiger partial charge >= 0.3 is 127 Å². The zero-order valence-electron chi connectivity index (χ0n) is 12.3. The van der Waals surface area contributed by atoms with Gasteiger partial charge in [0.05, 0.1) is 0 Å². The van der Waals surface area contributed by atoms with E-state index in [9.17, 15) is 0 Å². The number of fused-ring (bicyclic) bond motifs is 1. The van der Waals surface area contributed by atoms with Gasteiger partial charge in [0.25, 0.3) is 0 Å². The molecule has 0 heterocycles. The van der Waals surface area contributed by atoms with Crippen molar-refractivity contribution in [2.24, 2.45) is 22.4 Å². The average Bonchev–Trinajstić information content (AvgIpc) is 2.92. The van der Waals surface area contributed by atoms with Crippen LogP contribution in [0.5, 0.6) is 0 Å². The Morgan fingerprint density at radius 1 is 1.20 bits per heavy atom. The second-order valence-electron chi connectivity index (χ2n) is 6.94. The van der Waals surface area contributed by atoms with E-state index in [1.165, 1.54) is 10.9 Å². The molecule has 0 aromatic heterocycles. The van der Waals surface area contributed by atoms with Crippen molar-refractivity contribution in [3.63, 3.8) is 0 Å². The SMILES string of the molecule is CC1(C)[C@@H]2C[C@@](C)(N=[N+]=[N-])[C@H]([Se]c3ccccc3)C[C@@H]21. The van der Waals surface area contributed by atoms with Crippen molar-refractivity contribution in [2.75, 3.05) is 0 Å². The monoisotopic (exact) mass is 335 g/mol. The van der Waals surface area contributed by atoms with Crippen molar-refractivity contribution in [1.29, 1.82) is 0 Å². The fourth-order valence-electron chi connectivity index (χ4n) is 3.84. The molecule has 0 spiro atoms. The maximum absolute atomic E-state index is 8.96. The van der Waals surface area contributed by atoms with Crippen LogP contribution in [-0.4, -0.2) is 20.5 Å². The van der Waals surface area contributed by atoms with Crippen molar-refractivity contribution in [1.82, 2.24) is 0 Å². The summed E-state index contributed by atoms with van der Waals surface area (Å²) < 4.78 is 1.42. The molecule has 0 bridgehead atoms. The quantitative estimate of drug-likeness (QED) is 0.348. The second-order valence-corrected chi connectivity index (χ2v) is 9.62. The minimum absolute atomic E-state index is 0.195. The number of azide groups is 1. The summed E-state index contributed by atoms with van der Waals surface area (Å²) in [4.78, 5) is 3.68. The zero-order chi connectivity index (χ0) is 14.4. The van der Waals surface area contributed by atoms with Gasteiger partial charge < -0.3 is 0 Å². The van der Waals surface area contributed by atoms with Gasteiger partial charge in [-0.05, 0) is 0 Å². The predicted octanol–water partition coefficient (Wildman–Crippen LogP) is 3.94. The Bertz CT molecular complexity index is 550. The molecule has 4 atom stereocenters. The van der Waals surface area contributed by atoms with Crippen molar-refractivity contribution in [3.05, 3.63) is 40.8 Å². The maximum atomic E-state index is 8.96. The number of hydrogen-bond acceptors (Lipinski definition) is 1. The molecule has 106 valence electrons. The first-order valence-electron chi connectivity index (χ1n) is 7.25. The molecule has 4 heteroatoms. The molecule has 2 aliphatic rings. The van der Waals surface area contributed by atoms with Gasteiger partial charge in [-0.2, -0.15) is 0 Å². The van der Waals surface area contributed by atoms with E-state index < -0.39 is 0 Å². The van der Waals surface area contributed by atoms with Gasteiger partial charge in [0, 0.05) is 0 Å². The molecule has 1 aromatic carbocycles. The van der Waals surface area contributed by atoms with Crippen LogP contribution in [0, 0.1) is 17.3 Å². The van der Waals surface area contributed by atoms with Crippen LogP contribution in [0.2, 0.25) is 4.82 Å². The zero-order valence-corrected chi connectivity index (χ0v) is 14.0. The Hall–Kier alpha value is -0.951. The molecule has 20 heavy (non-hydrogen) atoms. The summed E-state index contributed by atoms with van der Waals surface area (Å²) in [5.74, 6) is 1.58. The summed E-state index contributed by atoms with van der Waals surface area (Å²) in [6, 6.07) is 10.7. The minimum atomic E-state index is -0.195. The van der Waals surface area contributed by atoms with Crippen LogP contribution in [0.4, 0.5) is 0 Å². The molecule has 0 unspecified atom stereocenters. The molecule has 0 amide bonds. The fourth-order valence-corrected chi connectivity index (χ4v) is 6.66. The Labute approximate surface area is 126 Å².